The third kappa shape index (κ3) is 29.9. The van der Waals surface area contributed by atoms with Crippen LogP contribution in [0.4, 0.5) is 0 Å². The third-order valence-corrected chi connectivity index (χ3v) is 12.2. The summed E-state index contributed by atoms with van der Waals surface area (Å²) in [6.45, 7) is 13.0. The molecular formula is C48H96N2. The summed E-state index contributed by atoms with van der Waals surface area (Å²) in [6.07, 6.45) is 55.6. The van der Waals surface area contributed by atoms with Gasteiger partial charge >= 0.3 is 0 Å². The first-order valence-electron chi connectivity index (χ1n) is 23.6. The highest BCUT2D eigenvalue weighted by atomic mass is 15.3. The fourth-order valence-corrected chi connectivity index (χ4v) is 8.55. The van der Waals surface area contributed by atoms with Crippen LogP contribution in [0.5, 0.6) is 0 Å². The lowest BCUT2D eigenvalue weighted by Gasteiger charge is -2.30. The summed E-state index contributed by atoms with van der Waals surface area (Å²) < 4.78 is 0. The Labute approximate surface area is 318 Å². The first kappa shape index (κ1) is 47.4. The molecule has 0 aliphatic carbocycles. The summed E-state index contributed by atoms with van der Waals surface area (Å²) in [5.41, 5.74) is 0. The molecule has 50 heavy (non-hydrogen) atoms. The minimum absolute atomic E-state index is 0.731. The van der Waals surface area contributed by atoms with Gasteiger partial charge in [0, 0.05) is 25.5 Å². The Bertz CT molecular complexity index is 672. The smallest absolute Gasteiger partial charge is 0.0893 e. The van der Waals surface area contributed by atoms with Gasteiger partial charge in [-0.05, 0) is 37.0 Å². The first-order valence-corrected chi connectivity index (χ1v) is 23.6. The van der Waals surface area contributed by atoms with Crippen LogP contribution in [0.15, 0.2) is 12.4 Å². The van der Waals surface area contributed by atoms with Crippen molar-refractivity contribution in [3.05, 3.63) is 12.4 Å². The number of hydrogen-bond acceptors (Lipinski definition) is 2. The summed E-state index contributed by atoms with van der Waals surface area (Å²) in [5, 5.41) is 0. The average Bonchev–Trinajstić information content (AvgIpc) is 3.54. The highest BCUT2D eigenvalue weighted by Gasteiger charge is 2.20. The molecule has 0 fully saturated rings. The maximum Gasteiger partial charge on any atom is 0.0893 e. The fourth-order valence-electron chi connectivity index (χ4n) is 8.55. The Balaban J connectivity index is 2.39. The zero-order valence-corrected chi connectivity index (χ0v) is 35.8. The molecule has 298 valence electrons. The highest BCUT2D eigenvalue weighted by Crippen LogP contribution is 2.28. The van der Waals surface area contributed by atoms with E-state index >= 15 is 0 Å². The van der Waals surface area contributed by atoms with E-state index in [9.17, 15) is 0 Å². The van der Waals surface area contributed by atoms with Gasteiger partial charge in [0.05, 0.1) is 6.67 Å². The number of hydrogen-bond donors (Lipinski definition) is 0. The molecule has 2 nitrogen and oxygen atoms in total. The van der Waals surface area contributed by atoms with Crippen molar-refractivity contribution in [2.45, 2.75) is 265 Å². The minimum atomic E-state index is 0.731. The van der Waals surface area contributed by atoms with E-state index in [-0.39, 0.29) is 0 Å². The van der Waals surface area contributed by atoms with Gasteiger partial charge in [0.15, 0.2) is 0 Å². The molecule has 2 atom stereocenters. The standard InChI is InChI=1S/C48H96N2/c1-7-9-11-13-15-17-19-21-23-25-27-29-36-47(37-30-28-26-24-22-20-18-16-14-12-10-8-2)38-31-32-39-48(50-43-42-49(6)44-50)41-40-46(5)35-33-34-45(3)4/h42-43,45-48H,7-41,44H2,1-6H3. The second kappa shape index (κ2) is 35.4. The maximum atomic E-state index is 2.66. The van der Waals surface area contributed by atoms with Crippen LogP contribution in [0.1, 0.15) is 259 Å². The number of rotatable bonds is 39. The molecule has 0 aromatic rings. The molecule has 2 unspecified atom stereocenters. The van der Waals surface area contributed by atoms with Gasteiger partial charge < -0.3 is 9.80 Å². The van der Waals surface area contributed by atoms with E-state index in [2.05, 4.69) is 63.9 Å². The molecule has 0 saturated heterocycles. The monoisotopic (exact) mass is 701 g/mol. The van der Waals surface area contributed by atoms with Crippen LogP contribution in [0, 0.1) is 17.8 Å². The van der Waals surface area contributed by atoms with Crippen molar-refractivity contribution < 1.29 is 0 Å². The predicted octanol–water partition coefficient (Wildman–Crippen LogP) is 16.6. The molecule has 2 heteroatoms. The lowest BCUT2D eigenvalue weighted by atomic mass is 9.88. The van der Waals surface area contributed by atoms with Gasteiger partial charge in [0.25, 0.3) is 0 Å². The Morgan fingerprint density at radius 3 is 1.20 bits per heavy atom. The normalized spacial score (nSPS) is 14.6. The quantitative estimate of drug-likeness (QED) is 0.0589. The Morgan fingerprint density at radius 1 is 0.400 bits per heavy atom. The summed E-state index contributed by atoms with van der Waals surface area (Å²) in [4.78, 5) is 5.02. The van der Waals surface area contributed by atoms with Gasteiger partial charge in [0.2, 0.25) is 0 Å². The Morgan fingerprint density at radius 2 is 0.800 bits per heavy atom. The van der Waals surface area contributed by atoms with Crippen LogP contribution in [0.25, 0.3) is 0 Å². The summed E-state index contributed by atoms with van der Waals surface area (Å²) in [5.74, 6) is 2.71. The number of unbranched alkanes of at least 4 members (excludes halogenated alkanes) is 23. The summed E-state index contributed by atoms with van der Waals surface area (Å²) in [6, 6.07) is 0.731. The van der Waals surface area contributed by atoms with Crippen molar-refractivity contribution in [1.29, 1.82) is 0 Å². The molecule has 0 aromatic carbocycles. The van der Waals surface area contributed by atoms with E-state index in [0.717, 1.165) is 30.5 Å². The van der Waals surface area contributed by atoms with Crippen LogP contribution in [0.2, 0.25) is 0 Å². The van der Waals surface area contributed by atoms with Gasteiger partial charge in [-0.25, -0.2) is 0 Å². The Kier molecular flexibility index (Phi) is 33.5. The van der Waals surface area contributed by atoms with Crippen LogP contribution in [-0.2, 0) is 0 Å². The molecule has 1 aliphatic heterocycles. The fraction of sp³-hybridized carbons (Fsp3) is 0.958. The molecular weight excluding hydrogens is 605 g/mol. The van der Waals surface area contributed by atoms with Crippen molar-refractivity contribution in [3.63, 3.8) is 0 Å². The Hall–Kier alpha value is -0.660. The van der Waals surface area contributed by atoms with E-state index in [1.165, 1.54) is 225 Å². The molecule has 1 heterocycles. The topological polar surface area (TPSA) is 6.48 Å². The predicted molar refractivity (Wildman–Crippen MR) is 228 cm³/mol. The molecule has 0 saturated carbocycles. The maximum absolute atomic E-state index is 2.66. The molecule has 0 spiro atoms. The van der Waals surface area contributed by atoms with Crippen molar-refractivity contribution >= 4 is 0 Å². The number of nitrogens with zero attached hydrogens (tertiary/aromatic N) is 2. The summed E-state index contributed by atoms with van der Waals surface area (Å²) in [7, 11) is 2.23. The van der Waals surface area contributed by atoms with E-state index in [4.69, 9.17) is 0 Å². The van der Waals surface area contributed by atoms with Gasteiger partial charge in [-0.3, -0.25) is 0 Å². The largest absolute Gasteiger partial charge is 0.362 e. The van der Waals surface area contributed by atoms with Crippen molar-refractivity contribution in [2.24, 2.45) is 17.8 Å². The van der Waals surface area contributed by atoms with Crippen molar-refractivity contribution in [2.75, 3.05) is 13.7 Å². The van der Waals surface area contributed by atoms with Crippen molar-refractivity contribution in [3.8, 4) is 0 Å². The van der Waals surface area contributed by atoms with Gasteiger partial charge in [-0.15, -0.1) is 0 Å². The van der Waals surface area contributed by atoms with Crippen LogP contribution in [-0.4, -0.2) is 29.6 Å². The van der Waals surface area contributed by atoms with E-state index < -0.39 is 0 Å². The van der Waals surface area contributed by atoms with Crippen LogP contribution >= 0.6 is 0 Å². The van der Waals surface area contributed by atoms with Gasteiger partial charge in [0.1, 0.15) is 0 Å². The van der Waals surface area contributed by atoms with Gasteiger partial charge in [-0.2, -0.15) is 0 Å². The molecule has 1 rings (SSSR count). The lowest BCUT2D eigenvalue weighted by Crippen LogP contribution is -2.33. The third-order valence-electron chi connectivity index (χ3n) is 12.2. The zero-order chi connectivity index (χ0) is 36.3. The van der Waals surface area contributed by atoms with Crippen LogP contribution < -0.4 is 0 Å². The van der Waals surface area contributed by atoms with E-state index in [0.29, 0.717) is 0 Å². The molecule has 1 aliphatic rings. The SMILES string of the molecule is CCCCCCCCCCCCCCC(CCCCCCCCCCCCCC)CCCCC(CCC(C)CCCC(C)C)N1C=CN(C)C1. The molecule has 0 amide bonds. The summed E-state index contributed by atoms with van der Waals surface area (Å²) >= 11 is 0. The second-order valence-electron chi connectivity index (χ2n) is 17.9. The highest BCUT2D eigenvalue weighted by molar-refractivity contribution is 4.92. The van der Waals surface area contributed by atoms with E-state index in [1.54, 1.807) is 0 Å². The molecule has 0 N–H and O–H groups in total. The van der Waals surface area contributed by atoms with E-state index in [1.807, 2.05) is 0 Å². The molecule has 0 bridgehead atoms. The molecule has 0 radical (unpaired) electrons. The lowest BCUT2D eigenvalue weighted by molar-refractivity contribution is 0.196. The van der Waals surface area contributed by atoms with Gasteiger partial charge in [-0.1, -0.05) is 240 Å². The average molecular weight is 701 g/mol. The first-order chi connectivity index (χ1) is 24.5. The molecule has 0 aromatic heterocycles. The van der Waals surface area contributed by atoms with Crippen molar-refractivity contribution in [1.82, 2.24) is 9.80 Å². The minimum Gasteiger partial charge on any atom is -0.362 e. The zero-order valence-electron chi connectivity index (χ0n) is 35.8. The second-order valence-corrected chi connectivity index (χ2v) is 17.9. The van der Waals surface area contributed by atoms with Crippen LogP contribution in [0.3, 0.4) is 0 Å².